The molecule has 1 aliphatic heterocycles. The van der Waals surface area contributed by atoms with Gasteiger partial charge in [0.25, 0.3) is 0 Å². The van der Waals surface area contributed by atoms with Crippen LogP contribution in [0, 0.1) is 5.82 Å². The highest BCUT2D eigenvalue weighted by atomic mass is 32.2. The van der Waals surface area contributed by atoms with Crippen molar-refractivity contribution in [1.29, 1.82) is 0 Å². The largest absolute Gasteiger partial charge is 0.497 e. The molecule has 0 fully saturated rings. The van der Waals surface area contributed by atoms with E-state index in [1.165, 1.54) is 17.1 Å². The van der Waals surface area contributed by atoms with Crippen molar-refractivity contribution in [3.05, 3.63) is 64.8 Å². The minimum Gasteiger partial charge on any atom is -0.497 e. The Balaban J connectivity index is 1.95. The van der Waals surface area contributed by atoms with Crippen LogP contribution in [0.3, 0.4) is 0 Å². The number of carbonyl (C=O) groups is 2. The first kappa shape index (κ1) is 21.8. The number of benzene rings is 2. The number of halogens is 1. The van der Waals surface area contributed by atoms with Crippen LogP contribution in [-0.4, -0.2) is 33.7 Å². The molecule has 0 N–H and O–H groups in total. The minimum atomic E-state index is -0.404. The van der Waals surface area contributed by atoms with E-state index >= 15 is 0 Å². The lowest BCUT2D eigenvalue weighted by Crippen LogP contribution is -2.42. The number of hydrogen-bond acceptors (Lipinski definition) is 6. The highest BCUT2D eigenvalue weighted by Gasteiger charge is 2.36. The second-order valence-electron chi connectivity index (χ2n) is 6.97. The van der Waals surface area contributed by atoms with E-state index in [9.17, 15) is 14.0 Å². The highest BCUT2D eigenvalue weighted by Crippen LogP contribution is 2.42. The van der Waals surface area contributed by atoms with E-state index in [1.807, 2.05) is 12.1 Å². The Morgan fingerprint density at radius 1 is 0.969 bits per heavy atom. The first-order valence-electron chi connectivity index (χ1n) is 10.1. The summed E-state index contributed by atoms with van der Waals surface area (Å²) < 4.78 is 20.5. The number of Topliss-reactive ketones (excluding diaryl/α,β-unsaturated/α-hetero) is 1. The number of aromatic nitrogens is 3. The monoisotopic (exact) mass is 452 g/mol. The molecule has 7 nitrogen and oxygen atoms in total. The lowest BCUT2D eigenvalue weighted by Gasteiger charge is -2.33. The molecule has 1 aliphatic rings. The Bertz CT molecular complexity index is 1200. The summed E-state index contributed by atoms with van der Waals surface area (Å²) in [6.07, 6.45) is 0.434. The summed E-state index contributed by atoms with van der Waals surface area (Å²) in [5.41, 5.74) is 1.68. The van der Waals surface area contributed by atoms with Crippen molar-refractivity contribution in [2.75, 3.05) is 12.1 Å². The first-order chi connectivity index (χ1) is 15.5. The van der Waals surface area contributed by atoms with Gasteiger partial charge in [0, 0.05) is 24.0 Å². The van der Waals surface area contributed by atoms with E-state index in [-0.39, 0.29) is 24.5 Å². The maximum absolute atomic E-state index is 13.6. The average Bonchev–Trinajstić information content (AvgIpc) is 3.26. The predicted octanol–water partition coefficient (Wildman–Crippen LogP) is 4.42. The van der Waals surface area contributed by atoms with E-state index in [2.05, 4.69) is 10.2 Å². The molecule has 0 unspecified atom stereocenters. The van der Waals surface area contributed by atoms with Crippen LogP contribution in [0.25, 0.3) is 17.1 Å². The zero-order valence-electron chi connectivity index (χ0n) is 17.8. The van der Waals surface area contributed by atoms with Gasteiger partial charge in [-0.2, -0.15) is 4.68 Å². The van der Waals surface area contributed by atoms with Gasteiger partial charge in [-0.25, -0.2) is 9.40 Å². The number of ketones is 1. The molecule has 2 heterocycles. The molecule has 0 aliphatic carbocycles. The van der Waals surface area contributed by atoms with E-state index in [0.29, 0.717) is 32.9 Å². The number of amides is 1. The summed E-state index contributed by atoms with van der Waals surface area (Å²) in [5, 5.41) is 10.4. The molecule has 3 aromatic rings. The van der Waals surface area contributed by atoms with Crippen LogP contribution < -0.4 is 9.75 Å². The second-order valence-corrected chi connectivity index (χ2v) is 7.95. The molecule has 0 bridgehead atoms. The third-order valence-electron chi connectivity index (χ3n) is 5.01. The number of rotatable bonds is 6. The lowest BCUT2D eigenvalue weighted by atomic mass is 10.1. The Morgan fingerprint density at radius 2 is 1.62 bits per heavy atom. The van der Waals surface area contributed by atoms with Gasteiger partial charge in [0.2, 0.25) is 11.1 Å². The van der Waals surface area contributed by atoms with Crippen LogP contribution in [0.1, 0.15) is 32.3 Å². The SMILES string of the molecule is CCC(=O)C1=C(c2ccc(F)cc2)N(C(=O)CC)n2c(nnc2-c2ccc(OC)cc2)S1. The second kappa shape index (κ2) is 8.96. The number of ether oxygens (including phenoxy) is 1. The minimum absolute atomic E-state index is 0.136. The van der Waals surface area contributed by atoms with Crippen molar-refractivity contribution in [2.24, 2.45) is 0 Å². The molecule has 0 atom stereocenters. The van der Waals surface area contributed by atoms with E-state index in [1.54, 1.807) is 49.9 Å². The van der Waals surface area contributed by atoms with Crippen LogP contribution in [0.2, 0.25) is 0 Å². The molecule has 1 amide bonds. The summed E-state index contributed by atoms with van der Waals surface area (Å²) in [5.74, 6) is 0.342. The van der Waals surface area contributed by atoms with E-state index in [0.717, 1.165) is 17.3 Å². The molecule has 32 heavy (non-hydrogen) atoms. The summed E-state index contributed by atoms with van der Waals surface area (Å²) in [4.78, 5) is 26.5. The number of carbonyl (C=O) groups excluding carboxylic acids is 2. The normalized spacial score (nSPS) is 13.2. The fraction of sp³-hybridized carbons (Fsp3) is 0.217. The van der Waals surface area contributed by atoms with Crippen molar-refractivity contribution in [3.63, 3.8) is 0 Å². The van der Waals surface area contributed by atoms with Gasteiger partial charge in [0.15, 0.2) is 11.6 Å². The van der Waals surface area contributed by atoms with Gasteiger partial charge in [-0.3, -0.25) is 9.59 Å². The Labute approximate surface area is 188 Å². The van der Waals surface area contributed by atoms with Gasteiger partial charge in [-0.1, -0.05) is 13.8 Å². The van der Waals surface area contributed by atoms with Crippen molar-refractivity contribution in [1.82, 2.24) is 14.9 Å². The van der Waals surface area contributed by atoms with Crippen LogP contribution in [0.15, 0.2) is 58.6 Å². The summed E-state index contributed by atoms with van der Waals surface area (Å²) in [7, 11) is 1.58. The first-order valence-corrected chi connectivity index (χ1v) is 10.9. The Hall–Kier alpha value is -3.46. The van der Waals surface area contributed by atoms with Crippen LogP contribution in [0.5, 0.6) is 5.75 Å². The molecule has 2 aromatic carbocycles. The molecule has 0 radical (unpaired) electrons. The van der Waals surface area contributed by atoms with Crippen LogP contribution in [0.4, 0.5) is 4.39 Å². The summed E-state index contributed by atoms with van der Waals surface area (Å²) >= 11 is 1.16. The van der Waals surface area contributed by atoms with Gasteiger partial charge in [0.05, 0.1) is 17.7 Å². The van der Waals surface area contributed by atoms with Gasteiger partial charge >= 0.3 is 0 Å². The fourth-order valence-corrected chi connectivity index (χ4v) is 4.44. The fourth-order valence-electron chi connectivity index (χ4n) is 3.36. The molecular formula is C23H21FN4O3S. The quantitative estimate of drug-likeness (QED) is 0.551. The van der Waals surface area contributed by atoms with Gasteiger partial charge in [-0.05, 0) is 60.3 Å². The molecule has 0 spiro atoms. The zero-order chi connectivity index (χ0) is 22.8. The van der Waals surface area contributed by atoms with Crippen molar-refractivity contribution in [2.45, 2.75) is 31.8 Å². The number of nitrogens with zero attached hydrogens (tertiary/aromatic N) is 4. The third-order valence-corrected chi connectivity index (χ3v) is 6.07. The topological polar surface area (TPSA) is 77.3 Å². The number of fused-ring (bicyclic) bond motifs is 1. The van der Waals surface area contributed by atoms with Gasteiger partial charge in [0.1, 0.15) is 11.6 Å². The molecule has 9 heteroatoms. The van der Waals surface area contributed by atoms with Gasteiger partial charge < -0.3 is 4.74 Å². The molecular weight excluding hydrogens is 431 g/mol. The standard InChI is InChI=1S/C23H21FN4O3S/c1-4-18(29)21-20(14-6-10-16(24)11-7-14)27(19(30)5-2)28-22(25-26-23(28)32-21)15-8-12-17(31-3)13-9-15/h6-13H,4-5H2,1-3H3. The predicted molar refractivity (Wildman–Crippen MR) is 120 cm³/mol. The lowest BCUT2D eigenvalue weighted by molar-refractivity contribution is -0.118. The molecule has 1 aromatic heterocycles. The van der Waals surface area contributed by atoms with Gasteiger partial charge in [-0.15, -0.1) is 10.2 Å². The Kier molecular flexibility index (Phi) is 6.09. The smallest absolute Gasteiger partial charge is 0.246 e. The number of hydrogen-bond donors (Lipinski definition) is 0. The molecule has 164 valence electrons. The number of methoxy groups -OCH3 is 1. The molecule has 0 saturated heterocycles. The summed E-state index contributed by atoms with van der Waals surface area (Å²) in [6, 6.07) is 13.0. The van der Waals surface area contributed by atoms with Crippen molar-refractivity contribution in [3.8, 4) is 17.1 Å². The van der Waals surface area contributed by atoms with E-state index in [4.69, 9.17) is 4.74 Å². The van der Waals surface area contributed by atoms with E-state index < -0.39 is 5.82 Å². The highest BCUT2D eigenvalue weighted by molar-refractivity contribution is 8.04. The Morgan fingerprint density at radius 3 is 2.22 bits per heavy atom. The van der Waals surface area contributed by atoms with Crippen LogP contribution in [-0.2, 0) is 9.59 Å². The maximum Gasteiger partial charge on any atom is 0.246 e. The number of thioether (sulfide) groups is 1. The number of allylic oxidation sites excluding steroid dienone is 1. The third kappa shape index (κ3) is 3.80. The van der Waals surface area contributed by atoms with Crippen molar-refractivity contribution >= 4 is 29.1 Å². The molecule has 4 rings (SSSR count). The van der Waals surface area contributed by atoms with Crippen LogP contribution >= 0.6 is 11.8 Å². The molecule has 0 saturated carbocycles. The maximum atomic E-state index is 13.6. The van der Waals surface area contributed by atoms with Crippen molar-refractivity contribution < 1.29 is 18.7 Å². The zero-order valence-corrected chi connectivity index (χ0v) is 18.6. The summed E-state index contributed by atoms with van der Waals surface area (Å²) in [6.45, 7) is 3.50. The average molecular weight is 453 g/mol.